The molecule has 0 saturated heterocycles. The van der Waals surface area contributed by atoms with Crippen LogP contribution in [0.2, 0.25) is 0 Å². The minimum atomic E-state index is -0.614. The maximum absolute atomic E-state index is 11.8. The van der Waals surface area contributed by atoms with Gasteiger partial charge in [0, 0.05) is 24.7 Å². The van der Waals surface area contributed by atoms with E-state index >= 15 is 0 Å². The fourth-order valence-electron chi connectivity index (χ4n) is 1.78. The van der Waals surface area contributed by atoms with Gasteiger partial charge in [-0.2, -0.15) is 0 Å². The number of carbonyl (C=O) groups excluding carboxylic acids is 1. The molecule has 1 aromatic heterocycles. The van der Waals surface area contributed by atoms with Gasteiger partial charge in [-0.15, -0.1) is 10.2 Å². The molecule has 0 saturated carbocycles. The third kappa shape index (κ3) is 4.79. The Balaban J connectivity index is 1.89. The molecule has 3 N–H and O–H groups in total. The summed E-state index contributed by atoms with van der Waals surface area (Å²) in [4.78, 5) is 11.8. The summed E-state index contributed by atoms with van der Waals surface area (Å²) in [5.41, 5.74) is 1.13. The summed E-state index contributed by atoms with van der Waals surface area (Å²) in [6, 6.07) is 6.69. The maximum Gasteiger partial charge on any atom is 0.319 e. The van der Waals surface area contributed by atoms with E-state index in [9.17, 15) is 9.90 Å². The highest BCUT2D eigenvalue weighted by Gasteiger charge is 2.22. The lowest BCUT2D eigenvalue weighted by Crippen LogP contribution is -2.40. The molecule has 2 aromatic rings. The Morgan fingerprint density at radius 2 is 1.91 bits per heavy atom. The van der Waals surface area contributed by atoms with Crippen molar-refractivity contribution < 1.29 is 14.3 Å². The molecule has 0 aliphatic heterocycles. The van der Waals surface area contributed by atoms with E-state index < -0.39 is 6.10 Å². The van der Waals surface area contributed by atoms with Crippen LogP contribution in [0.15, 0.2) is 28.7 Å². The van der Waals surface area contributed by atoms with Gasteiger partial charge in [0.15, 0.2) is 0 Å². The predicted molar refractivity (Wildman–Crippen MR) is 87.0 cm³/mol. The summed E-state index contributed by atoms with van der Waals surface area (Å²) in [7, 11) is 0. The molecule has 0 fully saturated rings. The van der Waals surface area contributed by atoms with Crippen LogP contribution in [0.4, 0.5) is 10.5 Å². The number of benzene rings is 1. The summed E-state index contributed by atoms with van der Waals surface area (Å²) in [5.74, 6) is 0.936. The molecule has 0 spiro atoms. The van der Waals surface area contributed by atoms with Gasteiger partial charge in [0.1, 0.15) is 0 Å². The second kappa shape index (κ2) is 6.78. The van der Waals surface area contributed by atoms with E-state index in [0.717, 1.165) is 5.56 Å². The number of rotatable bonds is 4. The van der Waals surface area contributed by atoms with Crippen LogP contribution in [0.25, 0.3) is 11.5 Å². The molecular formula is C16H22N4O3. The first kappa shape index (κ1) is 17.0. The summed E-state index contributed by atoms with van der Waals surface area (Å²) >= 11 is 0. The van der Waals surface area contributed by atoms with Crippen molar-refractivity contribution in [1.29, 1.82) is 0 Å². The quantitative estimate of drug-likeness (QED) is 0.804. The molecule has 2 amide bonds. The van der Waals surface area contributed by atoms with Crippen LogP contribution >= 0.6 is 0 Å². The summed E-state index contributed by atoms with van der Waals surface area (Å²) < 4.78 is 5.34. The summed E-state index contributed by atoms with van der Waals surface area (Å²) in [6.07, 6.45) is -0.614. The van der Waals surface area contributed by atoms with E-state index in [1.807, 2.05) is 20.8 Å². The van der Waals surface area contributed by atoms with Crippen molar-refractivity contribution in [2.24, 2.45) is 5.41 Å². The third-order valence-corrected chi connectivity index (χ3v) is 3.37. The number of amides is 2. The van der Waals surface area contributed by atoms with Crippen molar-refractivity contribution in [3.05, 3.63) is 30.2 Å². The van der Waals surface area contributed by atoms with Gasteiger partial charge >= 0.3 is 6.03 Å². The SMILES string of the molecule is Cc1nnc(-c2ccc(NC(=O)NCC(O)C(C)(C)C)cc2)o1. The number of hydrogen-bond acceptors (Lipinski definition) is 5. The zero-order valence-corrected chi connectivity index (χ0v) is 13.8. The van der Waals surface area contributed by atoms with Crippen molar-refractivity contribution in [3.8, 4) is 11.5 Å². The van der Waals surface area contributed by atoms with E-state index in [4.69, 9.17) is 4.42 Å². The normalized spacial score (nSPS) is 12.7. The highest BCUT2D eigenvalue weighted by Crippen LogP contribution is 2.20. The number of anilines is 1. The lowest BCUT2D eigenvalue weighted by atomic mass is 9.89. The van der Waals surface area contributed by atoms with Crippen LogP contribution in [0.1, 0.15) is 26.7 Å². The fraction of sp³-hybridized carbons (Fsp3) is 0.438. The number of aliphatic hydroxyl groups is 1. The smallest absolute Gasteiger partial charge is 0.319 e. The second-order valence-electron chi connectivity index (χ2n) is 6.42. The molecule has 7 nitrogen and oxygen atoms in total. The Morgan fingerprint density at radius 1 is 1.26 bits per heavy atom. The lowest BCUT2D eigenvalue weighted by Gasteiger charge is -2.25. The highest BCUT2D eigenvalue weighted by molar-refractivity contribution is 5.89. The van der Waals surface area contributed by atoms with Gasteiger partial charge in [-0.25, -0.2) is 4.79 Å². The van der Waals surface area contributed by atoms with Gasteiger partial charge in [0.05, 0.1) is 6.10 Å². The number of aryl methyl sites for hydroxylation is 1. The van der Waals surface area contributed by atoms with E-state index in [1.165, 1.54) is 0 Å². The first-order chi connectivity index (χ1) is 10.8. The monoisotopic (exact) mass is 318 g/mol. The van der Waals surface area contributed by atoms with Gasteiger partial charge in [-0.05, 0) is 29.7 Å². The van der Waals surface area contributed by atoms with E-state index in [0.29, 0.717) is 17.5 Å². The third-order valence-electron chi connectivity index (χ3n) is 3.37. The Hall–Kier alpha value is -2.41. The highest BCUT2D eigenvalue weighted by atomic mass is 16.4. The topological polar surface area (TPSA) is 100 Å². The van der Waals surface area contributed by atoms with Crippen LogP contribution in [-0.4, -0.2) is 34.0 Å². The van der Waals surface area contributed by atoms with Crippen LogP contribution in [-0.2, 0) is 0 Å². The largest absolute Gasteiger partial charge is 0.421 e. The molecule has 1 heterocycles. The number of hydrogen-bond donors (Lipinski definition) is 3. The van der Waals surface area contributed by atoms with Crippen molar-refractivity contribution in [2.75, 3.05) is 11.9 Å². The van der Waals surface area contributed by atoms with Gasteiger partial charge in [0.2, 0.25) is 11.8 Å². The second-order valence-corrected chi connectivity index (χ2v) is 6.42. The van der Waals surface area contributed by atoms with E-state index in [2.05, 4.69) is 20.8 Å². The Labute approximate surface area is 135 Å². The average Bonchev–Trinajstić information content (AvgIpc) is 2.91. The lowest BCUT2D eigenvalue weighted by molar-refractivity contribution is 0.0654. The van der Waals surface area contributed by atoms with Crippen molar-refractivity contribution in [2.45, 2.75) is 33.8 Å². The molecule has 0 aliphatic carbocycles. The number of carbonyl (C=O) groups is 1. The van der Waals surface area contributed by atoms with Crippen molar-refractivity contribution >= 4 is 11.7 Å². The predicted octanol–water partition coefficient (Wildman–Crippen LogP) is 2.57. The molecule has 0 aliphatic rings. The number of urea groups is 1. The molecule has 1 atom stereocenters. The van der Waals surface area contributed by atoms with Crippen LogP contribution < -0.4 is 10.6 Å². The minimum absolute atomic E-state index is 0.189. The van der Waals surface area contributed by atoms with Gasteiger partial charge < -0.3 is 20.2 Å². The van der Waals surface area contributed by atoms with Crippen LogP contribution in [0, 0.1) is 12.3 Å². The molecular weight excluding hydrogens is 296 g/mol. The molecule has 0 bridgehead atoms. The van der Waals surface area contributed by atoms with E-state index in [-0.39, 0.29) is 18.0 Å². The van der Waals surface area contributed by atoms with Gasteiger partial charge in [0.25, 0.3) is 0 Å². The van der Waals surface area contributed by atoms with Gasteiger partial charge in [-0.1, -0.05) is 20.8 Å². The van der Waals surface area contributed by atoms with Crippen LogP contribution in [0.3, 0.4) is 0 Å². The minimum Gasteiger partial charge on any atom is -0.421 e. The van der Waals surface area contributed by atoms with E-state index in [1.54, 1.807) is 31.2 Å². The Bertz CT molecular complexity index is 659. The van der Waals surface area contributed by atoms with Crippen molar-refractivity contribution in [1.82, 2.24) is 15.5 Å². The number of nitrogens with one attached hydrogen (secondary N) is 2. The Kier molecular flexibility index (Phi) is 5.00. The Morgan fingerprint density at radius 3 is 2.43 bits per heavy atom. The average molecular weight is 318 g/mol. The molecule has 7 heteroatoms. The zero-order chi connectivity index (χ0) is 17.0. The molecule has 0 radical (unpaired) electrons. The standard InChI is InChI=1S/C16H22N4O3/c1-10-19-20-14(23-10)11-5-7-12(8-6-11)18-15(22)17-9-13(21)16(2,3)4/h5-8,13,21H,9H2,1-4H3,(H2,17,18,22). The zero-order valence-electron chi connectivity index (χ0n) is 13.8. The number of aromatic nitrogens is 2. The molecule has 23 heavy (non-hydrogen) atoms. The number of nitrogens with zero attached hydrogens (tertiary/aromatic N) is 2. The summed E-state index contributed by atoms with van der Waals surface area (Å²) in [6.45, 7) is 7.65. The van der Waals surface area contributed by atoms with Crippen LogP contribution in [0.5, 0.6) is 0 Å². The molecule has 124 valence electrons. The first-order valence-corrected chi connectivity index (χ1v) is 7.39. The molecule has 1 aromatic carbocycles. The molecule has 1 unspecified atom stereocenters. The fourth-order valence-corrected chi connectivity index (χ4v) is 1.78. The summed E-state index contributed by atoms with van der Waals surface area (Å²) in [5, 5.41) is 23.0. The van der Waals surface area contributed by atoms with Gasteiger partial charge in [-0.3, -0.25) is 0 Å². The first-order valence-electron chi connectivity index (χ1n) is 7.39. The maximum atomic E-state index is 11.8. The number of aliphatic hydroxyl groups excluding tert-OH is 1. The molecule has 2 rings (SSSR count). The van der Waals surface area contributed by atoms with Crippen molar-refractivity contribution in [3.63, 3.8) is 0 Å².